The van der Waals surface area contributed by atoms with Gasteiger partial charge in [0.1, 0.15) is 0 Å². The van der Waals surface area contributed by atoms with Crippen LogP contribution in [0.5, 0.6) is 0 Å². The molecule has 0 radical (unpaired) electrons. The number of hydrogen-bond donors (Lipinski definition) is 2. The summed E-state index contributed by atoms with van der Waals surface area (Å²) in [6.45, 7) is 1.89. The monoisotopic (exact) mass is 535 g/mol. The Kier molecular flexibility index (Phi) is 6.82. The zero-order chi connectivity index (χ0) is 25.4. The number of halogens is 4. The van der Waals surface area contributed by atoms with Gasteiger partial charge >= 0.3 is 6.18 Å². The van der Waals surface area contributed by atoms with E-state index in [0.29, 0.717) is 35.2 Å². The normalized spacial score (nSPS) is 20.0. The first kappa shape index (κ1) is 24.8. The Morgan fingerprint density at radius 3 is 2.86 bits per heavy atom. The van der Waals surface area contributed by atoms with Gasteiger partial charge in [0.15, 0.2) is 5.17 Å². The minimum absolute atomic E-state index is 0.00826. The molecule has 7 nitrogen and oxygen atoms in total. The molecule has 2 N–H and O–H groups in total. The molecule has 0 aliphatic carbocycles. The molecule has 2 aromatic carbocycles. The van der Waals surface area contributed by atoms with E-state index in [9.17, 15) is 23.1 Å². The van der Waals surface area contributed by atoms with Crippen molar-refractivity contribution >= 4 is 51.4 Å². The maximum atomic E-state index is 13.5. The summed E-state index contributed by atoms with van der Waals surface area (Å²) < 4.78 is 41.9. The van der Waals surface area contributed by atoms with E-state index < -0.39 is 11.7 Å². The van der Waals surface area contributed by atoms with Gasteiger partial charge in [-0.1, -0.05) is 23.7 Å². The number of aliphatic imine (C=N–C) groups is 1. The lowest BCUT2D eigenvalue weighted by molar-refractivity contribution is -0.138. The Balaban J connectivity index is 1.35. The topological polar surface area (TPSA) is 82.8 Å². The number of hydrogen-bond acceptors (Lipinski definition) is 6. The lowest BCUT2D eigenvalue weighted by Crippen LogP contribution is -2.53. The number of fused-ring (bicyclic) bond motifs is 1. The van der Waals surface area contributed by atoms with Crippen molar-refractivity contribution in [2.45, 2.75) is 18.8 Å². The van der Waals surface area contributed by atoms with Gasteiger partial charge in [0.05, 0.1) is 35.3 Å². The zero-order valence-electron chi connectivity index (χ0n) is 18.8. The molecule has 188 valence electrons. The smallest absolute Gasteiger partial charge is 0.395 e. The minimum atomic E-state index is -4.53. The molecule has 3 aromatic rings. The zero-order valence-corrected chi connectivity index (χ0v) is 20.4. The lowest BCUT2D eigenvalue weighted by atomic mass is 10.1. The number of aliphatic hydroxyl groups is 1. The van der Waals surface area contributed by atoms with E-state index >= 15 is 0 Å². The van der Waals surface area contributed by atoms with E-state index in [1.165, 1.54) is 28.6 Å². The van der Waals surface area contributed by atoms with Gasteiger partial charge in [0, 0.05) is 36.1 Å². The van der Waals surface area contributed by atoms with Crippen molar-refractivity contribution < 1.29 is 23.1 Å². The second-order valence-electron chi connectivity index (χ2n) is 8.51. The number of amidine groups is 1. The van der Waals surface area contributed by atoms with Crippen LogP contribution in [0.1, 0.15) is 16.7 Å². The van der Waals surface area contributed by atoms with Crippen LogP contribution in [0, 0.1) is 0 Å². The highest BCUT2D eigenvalue weighted by Gasteiger charge is 2.34. The van der Waals surface area contributed by atoms with Crippen molar-refractivity contribution in [2.75, 3.05) is 26.2 Å². The summed E-state index contributed by atoms with van der Waals surface area (Å²) in [6, 6.07) is 9.03. The van der Waals surface area contributed by atoms with Crippen LogP contribution in [0.25, 0.3) is 17.0 Å². The Morgan fingerprint density at radius 2 is 2.08 bits per heavy atom. The molecule has 0 bridgehead atoms. The third-order valence-corrected chi connectivity index (χ3v) is 7.30. The number of benzene rings is 2. The first-order valence-electron chi connectivity index (χ1n) is 11.1. The third-order valence-electron chi connectivity index (χ3n) is 6.02. The fraction of sp³-hybridized carbons (Fsp3) is 0.292. The van der Waals surface area contributed by atoms with Crippen molar-refractivity contribution in [3.8, 4) is 0 Å². The van der Waals surface area contributed by atoms with Gasteiger partial charge in [-0.15, -0.1) is 0 Å². The Bertz CT molecular complexity index is 1390. The maximum absolute atomic E-state index is 13.5. The molecule has 1 unspecified atom stereocenters. The van der Waals surface area contributed by atoms with Crippen LogP contribution < -0.4 is 5.32 Å². The highest BCUT2D eigenvalue weighted by atomic mass is 35.5. The molecule has 3 heterocycles. The van der Waals surface area contributed by atoms with E-state index in [0.717, 1.165) is 17.0 Å². The summed E-state index contributed by atoms with van der Waals surface area (Å²) >= 11 is 7.08. The first-order chi connectivity index (χ1) is 17.2. The highest BCUT2D eigenvalue weighted by Crippen LogP contribution is 2.35. The number of amides is 1. The van der Waals surface area contributed by atoms with Crippen LogP contribution in [0.15, 0.2) is 52.5 Å². The largest absolute Gasteiger partial charge is 0.416 e. The predicted octanol–water partition coefficient (Wildman–Crippen LogP) is 3.99. The van der Waals surface area contributed by atoms with Crippen molar-refractivity contribution in [3.63, 3.8) is 0 Å². The Morgan fingerprint density at radius 1 is 1.25 bits per heavy atom. The molecule has 2 aliphatic rings. The van der Waals surface area contributed by atoms with E-state index in [1.807, 2.05) is 11.0 Å². The van der Waals surface area contributed by atoms with Crippen LogP contribution in [0.4, 0.5) is 13.2 Å². The predicted molar refractivity (Wildman–Crippen MR) is 134 cm³/mol. The number of carbonyl (C=O) groups excluding carboxylic acids is 1. The van der Waals surface area contributed by atoms with Gasteiger partial charge in [-0.05, 0) is 53.2 Å². The summed E-state index contributed by atoms with van der Waals surface area (Å²) in [4.78, 5) is 19.1. The number of aliphatic hydroxyl groups excluding tert-OH is 1. The maximum Gasteiger partial charge on any atom is 0.416 e. The number of piperazine rings is 1. The number of aromatic nitrogens is 2. The SMILES string of the molecule is O=C1N=C(N2CCNC(CO)C2)S/C1=C/c1ccc2c(cnn2Cc2ccc(Cl)cc2C(F)(F)F)c1. The molecule has 36 heavy (non-hydrogen) atoms. The molecule has 1 saturated heterocycles. The van der Waals surface area contributed by atoms with Gasteiger partial charge in [-0.2, -0.15) is 23.3 Å². The van der Waals surface area contributed by atoms with Crippen molar-refractivity contribution in [2.24, 2.45) is 4.99 Å². The van der Waals surface area contributed by atoms with E-state index in [2.05, 4.69) is 15.4 Å². The van der Waals surface area contributed by atoms with E-state index in [4.69, 9.17) is 11.6 Å². The molecule has 1 fully saturated rings. The Labute approximate surface area is 213 Å². The van der Waals surface area contributed by atoms with Crippen LogP contribution in [-0.4, -0.2) is 63.1 Å². The quantitative estimate of drug-likeness (QED) is 0.492. The second-order valence-corrected chi connectivity index (χ2v) is 9.96. The average Bonchev–Trinajstić information content (AvgIpc) is 3.42. The lowest BCUT2D eigenvalue weighted by Gasteiger charge is -2.33. The van der Waals surface area contributed by atoms with Crippen molar-refractivity contribution in [3.05, 3.63) is 69.2 Å². The van der Waals surface area contributed by atoms with Gasteiger partial charge in [0.2, 0.25) is 0 Å². The molecule has 2 aliphatic heterocycles. The highest BCUT2D eigenvalue weighted by molar-refractivity contribution is 8.18. The summed E-state index contributed by atoms with van der Waals surface area (Å²) in [5.74, 6) is -0.327. The molecule has 5 rings (SSSR count). The molecular formula is C24H21ClF3N5O2S. The Hall–Kier alpha value is -2.86. The number of alkyl halides is 3. The van der Waals surface area contributed by atoms with Crippen LogP contribution in [0.3, 0.4) is 0 Å². The standard InChI is InChI=1S/C24H21ClF3N5O2S/c25-17-3-2-15(19(9-17)24(26,27)28)11-33-20-4-1-14(7-16(20)10-30-33)8-21-22(35)31-23(36-21)32-6-5-29-18(12-32)13-34/h1-4,7-10,18,29,34H,5-6,11-13H2/b21-8+. The number of rotatable bonds is 4. The average molecular weight is 536 g/mol. The van der Waals surface area contributed by atoms with Crippen LogP contribution in [0.2, 0.25) is 5.02 Å². The van der Waals surface area contributed by atoms with Crippen LogP contribution in [-0.2, 0) is 17.5 Å². The van der Waals surface area contributed by atoms with E-state index in [1.54, 1.807) is 24.4 Å². The second kappa shape index (κ2) is 9.89. The number of nitrogens with zero attached hydrogens (tertiary/aromatic N) is 4. The molecule has 1 amide bonds. The van der Waals surface area contributed by atoms with E-state index in [-0.39, 0.29) is 35.7 Å². The van der Waals surface area contributed by atoms with Gasteiger partial charge in [-0.25, -0.2) is 0 Å². The summed E-state index contributed by atoms with van der Waals surface area (Å²) in [5.41, 5.74) is 0.697. The van der Waals surface area contributed by atoms with Crippen LogP contribution >= 0.6 is 23.4 Å². The molecule has 1 atom stereocenters. The number of thioether (sulfide) groups is 1. The third kappa shape index (κ3) is 5.15. The number of carbonyl (C=O) groups is 1. The van der Waals surface area contributed by atoms with Gasteiger partial charge < -0.3 is 15.3 Å². The summed E-state index contributed by atoms with van der Waals surface area (Å²) in [7, 11) is 0. The van der Waals surface area contributed by atoms with Crippen molar-refractivity contribution in [1.82, 2.24) is 20.0 Å². The summed E-state index contributed by atoms with van der Waals surface area (Å²) in [5, 5.41) is 18.3. The molecular weight excluding hydrogens is 515 g/mol. The molecule has 0 spiro atoms. The van der Waals surface area contributed by atoms with Gasteiger partial charge in [0.25, 0.3) is 5.91 Å². The molecule has 1 aromatic heterocycles. The number of nitrogens with one attached hydrogen (secondary N) is 1. The fourth-order valence-electron chi connectivity index (χ4n) is 4.24. The summed E-state index contributed by atoms with van der Waals surface area (Å²) in [6.07, 6.45) is -1.20. The minimum Gasteiger partial charge on any atom is -0.395 e. The molecule has 0 saturated carbocycles. The van der Waals surface area contributed by atoms with Gasteiger partial charge in [-0.3, -0.25) is 9.48 Å². The fourth-order valence-corrected chi connectivity index (χ4v) is 5.36. The van der Waals surface area contributed by atoms with Crippen molar-refractivity contribution in [1.29, 1.82) is 0 Å². The molecule has 12 heteroatoms. The first-order valence-corrected chi connectivity index (χ1v) is 12.3.